The molecule has 17 heavy (non-hydrogen) atoms. The normalized spacial score (nSPS) is 34.6. The molecule has 0 aromatic carbocycles. The number of carbonyl (C=O) groups is 1. The number of nitrogens with one attached hydrogen (secondary N) is 1. The second-order valence-electron chi connectivity index (χ2n) is 6.28. The molecule has 0 spiro atoms. The molecule has 0 unspecified atom stereocenters. The van der Waals surface area contributed by atoms with Crippen LogP contribution in [0.3, 0.4) is 0 Å². The van der Waals surface area contributed by atoms with Crippen molar-refractivity contribution >= 4 is 5.97 Å². The quantitative estimate of drug-likeness (QED) is 0.793. The van der Waals surface area contributed by atoms with Crippen LogP contribution in [0.15, 0.2) is 0 Å². The zero-order valence-electron chi connectivity index (χ0n) is 11.0. The van der Waals surface area contributed by atoms with Gasteiger partial charge in [0.1, 0.15) is 5.54 Å². The van der Waals surface area contributed by atoms with Gasteiger partial charge >= 0.3 is 5.97 Å². The third kappa shape index (κ3) is 2.65. The fourth-order valence-corrected chi connectivity index (χ4v) is 3.30. The molecule has 0 amide bonds. The highest BCUT2D eigenvalue weighted by atomic mass is 16.4. The molecule has 0 atom stereocenters. The van der Waals surface area contributed by atoms with E-state index in [-0.39, 0.29) is 0 Å². The van der Waals surface area contributed by atoms with Crippen LogP contribution in [0.25, 0.3) is 0 Å². The number of hydrogen-bond donors (Lipinski definition) is 2. The maximum atomic E-state index is 11.5. The smallest absolute Gasteiger partial charge is 0.323 e. The number of aliphatic carboxylic acids is 1. The third-order valence-corrected chi connectivity index (χ3v) is 4.66. The van der Waals surface area contributed by atoms with Gasteiger partial charge in [0.2, 0.25) is 0 Å². The number of carboxylic acid groups (broad SMARTS) is 1. The van der Waals surface area contributed by atoms with Crippen LogP contribution in [-0.2, 0) is 4.79 Å². The van der Waals surface area contributed by atoms with E-state index in [1.807, 2.05) is 0 Å². The summed E-state index contributed by atoms with van der Waals surface area (Å²) in [7, 11) is 0. The number of rotatable bonds is 4. The van der Waals surface area contributed by atoms with Gasteiger partial charge in [0.15, 0.2) is 0 Å². The van der Waals surface area contributed by atoms with E-state index in [0.717, 1.165) is 25.7 Å². The van der Waals surface area contributed by atoms with Crippen molar-refractivity contribution < 1.29 is 9.90 Å². The second kappa shape index (κ2) is 4.97. The molecule has 3 heteroatoms. The minimum atomic E-state index is -0.639. The lowest BCUT2D eigenvalue weighted by Crippen LogP contribution is -2.64. The van der Waals surface area contributed by atoms with Crippen LogP contribution in [0.4, 0.5) is 0 Å². The molecule has 0 bridgehead atoms. The molecule has 98 valence electrons. The summed E-state index contributed by atoms with van der Waals surface area (Å²) < 4.78 is 0. The average Bonchev–Trinajstić information content (AvgIpc) is 2.23. The van der Waals surface area contributed by atoms with Crippen molar-refractivity contribution in [2.24, 2.45) is 11.8 Å². The van der Waals surface area contributed by atoms with Crippen LogP contribution in [0, 0.1) is 11.8 Å². The molecule has 0 aromatic heterocycles. The molecule has 2 saturated carbocycles. The van der Waals surface area contributed by atoms with E-state index in [2.05, 4.69) is 19.2 Å². The van der Waals surface area contributed by atoms with Gasteiger partial charge in [-0.3, -0.25) is 10.1 Å². The Labute approximate surface area is 104 Å². The predicted molar refractivity (Wildman–Crippen MR) is 67.9 cm³/mol. The molecule has 2 fully saturated rings. The molecule has 0 saturated heterocycles. The average molecular weight is 239 g/mol. The maximum absolute atomic E-state index is 11.5. The summed E-state index contributed by atoms with van der Waals surface area (Å²) in [6, 6.07) is 0.438. The Balaban J connectivity index is 1.92. The van der Waals surface area contributed by atoms with Crippen LogP contribution < -0.4 is 5.32 Å². The van der Waals surface area contributed by atoms with Crippen LogP contribution in [0.5, 0.6) is 0 Å². The third-order valence-electron chi connectivity index (χ3n) is 4.66. The van der Waals surface area contributed by atoms with Crippen molar-refractivity contribution in [1.82, 2.24) is 5.32 Å². The standard InChI is InChI=1S/C14H25NO2/c1-10(2)11-8-14(9-11,13(16)17)15-12-6-4-3-5-7-12/h10-12,15H,3-9H2,1-2H3,(H,16,17). The van der Waals surface area contributed by atoms with Crippen LogP contribution >= 0.6 is 0 Å². The first-order valence-electron chi connectivity index (χ1n) is 7.04. The van der Waals surface area contributed by atoms with Gasteiger partial charge in [-0.25, -0.2) is 0 Å². The highest BCUT2D eigenvalue weighted by molar-refractivity contribution is 5.80. The van der Waals surface area contributed by atoms with Crippen LogP contribution in [0.1, 0.15) is 58.8 Å². The zero-order valence-corrected chi connectivity index (χ0v) is 11.0. The van der Waals surface area contributed by atoms with E-state index in [1.165, 1.54) is 19.3 Å². The van der Waals surface area contributed by atoms with Crippen LogP contribution in [-0.4, -0.2) is 22.7 Å². The summed E-state index contributed by atoms with van der Waals surface area (Å²) in [5, 5.41) is 12.9. The molecular weight excluding hydrogens is 214 g/mol. The number of hydrogen-bond acceptors (Lipinski definition) is 2. The maximum Gasteiger partial charge on any atom is 0.323 e. The summed E-state index contributed by atoms with van der Waals surface area (Å²) in [6.45, 7) is 4.38. The molecule has 0 radical (unpaired) electrons. The van der Waals surface area contributed by atoms with Gasteiger partial charge in [-0.15, -0.1) is 0 Å². The van der Waals surface area contributed by atoms with E-state index in [1.54, 1.807) is 0 Å². The van der Waals surface area contributed by atoms with Crippen molar-refractivity contribution in [3.63, 3.8) is 0 Å². The molecule has 3 nitrogen and oxygen atoms in total. The minimum absolute atomic E-state index is 0.438. The predicted octanol–water partition coefficient (Wildman–Crippen LogP) is 2.80. The minimum Gasteiger partial charge on any atom is -0.480 e. The topological polar surface area (TPSA) is 49.3 Å². The largest absolute Gasteiger partial charge is 0.480 e. The monoisotopic (exact) mass is 239 g/mol. The lowest BCUT2D eigenvalue weighted by atomic mass is 9.63. The van der Waals surface area contributed by atoms with Gasteiger partial charge in [-0.2, -0.15) is 0 Å². The first-order chi connectivity index (χ1) is 8.03. The summed E-state index contributed by atoms with van der Waals surface area (Å²) in [5.41, 5.74) is -0.600. The first-order valence-corrected chi connectivity index (χ1v) is 7.04. The Morgan fingerprint density at radius 2 is 1.82 bits per heavy atom. The fourth-order valence-electron chi connectivity index (χ4n) is 3.30. The molecule has 2 N–H and O–H groups in total. The number of carboxylic acids is 1. The van der Waals surface area contributed by atoms with Gasteiger partial charge in [0, 0.05) is 6.04 Å². The SMILES string of the molecule is CC(C)C1CC(NC2CCCCC2)(C(=O)O)C1. The molecule has 0 aliphatic heterocycles. The van der Waals surface area contributed by atoms with E-state index < -0.39 is 11.5 Å². The summed E-state index contributed by atoms with van der Waals surface area (Å²) in [5.74, 6) is 0.554. The molecule has 0 heterocycles. The van der Waals surface area contributed by atoms with E-state index in [9.17, 15) is 9.90 Å². The lowest BCUT2D eigenvalue weighted by Gasteiger charge is -2.49. The van der Waals surface area contributed by atoms with Crippen molar-refractivity contribution in [1.29, 1.82) is 0 Å². The van der Waals surface area contributed by atoms with Crippen molar-refractivity contribution in [2.45, 2.75) is 70.4 Å². The van der Waals surface area contributed by atoms with Gasteiger partial charge in [0.05, 0.1) is 0 Å². The fraction of sp³-hybridized carbons (Fsp3) is 0.929. The summed E-state index contributed by atoms with van der Waals surface area (Å²) in [6.07, 6.45) is 7.75. The Morgan fingerprint density at radius 3 is 2.29 bits per heavy atom. The Bertz CT molecular complexity index is 276. The van der Waals surface area contributed by atoms with Crippen molar-refractivity contribution in [2.75, 3.05) is 0 Å². The second-order valence-corrected chi connectivity index (χ2v) is 6.28. The van der Waals surface area contributed by atoms with Gasteiger partial charge in [-0.1, -0.05) is 33.1 Å². The zero-order chi connectivity index (χ0) is 12.5. The molecule has 2 aliphatic rings. The van der Waals surface area contributed by atoms with Gasteiger partial charge in [0.25, 0.3) is 0 Å². The highest BCUT2D eigenvalue weighted by Gasteiger charge is 2.51. The van der Waals surface area contributed by atoms with E-state index in [4.69, 9.17) is 0 Å². The van der Waals surface area contributed by atoms with Gasteiger partial charge < -0.3 is 5.11 Å². The highest BCUT2D eigenvalue weighted by Crippen LogP contribution is 2.43. The Morgan fingerprint density at radius 1 is 1.24 bits per heavy atom. The van der Waals surface area contributed by atoms with Gasteiger partial charge in [-0.05, 0) is 37.5 Å². The van der Waals surface area contributed by atoms with Crippen molar-refractivity contribution in [3.8, 4) is 0 Å². The van der Waals surface area contributed by atoms with Crippen LogP contribution in [0.2, 0.25) is 0 Å². The van der Waals surface area contributed by atoms with E-state index in [0.29, 0.717) is 17.9 Å². The lowest BCUT2D eigenvalue weighted by molar-refractivity contribution is -0.153. The molecule has 2 rings (SSSR count). The summed E-state index contributed by atoms with van der Waals surface area (Å²) >= 11 is 0. The first kappa shape index (κ1) is 12.9. The summed E-state index contributed by atoms with van der Waals surface area (Å²) in [4.78, 5) is 11.5. The molecule has 2 aliphatic carbocycles. The molecular formula is C14H25NO2. The van der Waals surface area contributed by atoms with Crippen molar-refractivity contribution in [3.05, 3.63) is 0 Å². The molecule has 0 aromatic rings. The van der Waals surface area contributed by atoms with E-state index >= 15 is 0 Å². The Kier molecular flexibility index (Phi) is 3.76. The Hall–Kier alpha value is -0.570.